The average Bonchev–Trinajstić information content (AvgIpc) is 2.88. The van der Waals surface area contributed by atoms with Crippen LogP contribution >= 0.6 is 0 Å². The highest BCUT2D eigenvalue weighted by Crippen LogP contribution is 2.45. The molecule has 0 N–H and O–H groups in total. The van der Waals surface area contributed by atoms with E-state index in [0.717, 1.165) is 28.8 Å². The van der Waals surface area contributed by atoms with Crippen molar-refractivity contribution >= 4 is 5.71 Å². The third kappa shape index (κ3) is 2.16. The van der Waals surface area contributed by atoms with E-state index in [4.69, 9.17) is 6.85 Å². The van der Waals surface area contributed by atoms with E-state index in [1.54, 1.807) is 12.1 Å². The summed E-state index contributed by atoms with van der Waals surface area (Å²) in [7, 11) is 3.89. The number of nitrogens with zero attached hydrogens (tertiary/aromatic N) is 1. The molecule has 0 aliphatic heterocycles. The van der Waals surface area contributed by atoms with E-state index in [2.05, 4.69) is 0 Å². The van der Waals surface area contributed by atoms with Gasteiger partial charge in [0.2, 0.25) is 5.71 Å². The maximum atomic E-state index is 8.81. The molecule has 2 unspecified atom stereocenters. The van der Waals surface area contributed by atoms with Gasteiger partial charge in [0.25, 0.3) is 0 Å². The molecule has 0 spiro atoms. The van der Waals surface area contributed by atoms with Crippen LogP contribution in [-0.4, -0.2) is 24.4 Å². The zero-order valence-electron chi connectivity index (χ0n) is 16.9. The molecule has 1 saturated carbocycles. The first kappa shape index (κ1) is 8.04. The molecule has 2 aliphatic rings. The Morgan fingerprint density at radius 3 is 2.74 bits per heavy atom. The van der Waals surface area contributed by atoms with Gasteiger partial charge in [-0.05, 0) is 56.5 Å². The van der Waals surface area contributed by atoms with Gasteiger partial charge in [0, 0.05) is 18.0 Å². The van der Waals surface area contributed by atoms with Crippen LogP contribution in [0.2, 0.25) is 0 Å². The summed E-state index contributed by atoms with van der Waals surface area (Å²) in [6.45, 7) is -0.204. The Balaban J connectivity index is 2.12. The SMILES string of the molecule is [2H]C12C=C(C(c3ccc(C([2H])([2H])[2H])cc3C)=[N+](C)C)C([2H])(CC1)C2. The quantitative estimate of drug-likeness (QED) is 0.562. The molecule has 2 atom stereocenters. The fourth-order valence-corrected chi connectivity index (χ4v) is 3.21. The first-order valence-corrected chi connectivity index (χ1v) is 6.85. The van der Waals surface area contributed by atoms with E-state index in [1.165, 1.54) is 0 Å². The van der Waals surface area contributed by atoms with Crippen molar-refractivity contribution in [2.45, 2.75) is 33.0 Å². The number of benzene rings is 1. The highest BCUT2D eigenvalue weighted by molar-refractivity contribution is 6.11. The first-order valence-electron chi connectivity index (χ1n) is 9.35. The summed E-state index contributed by atoms with van der Waals surface area (Å²) < 4.78 is 42.0. The van der Waals surface area contributed by atoms with Gasteiger partial charge in [-0.2, -0.15) is 0 Å². The Bertz CT molecular complexity index is 757. The molecule has 0 heterocycles. The van der Waals surface area contributed by atoms with E-state index in [0.29, 0.717) is 18.4 Å². The summed E-state index contributed by atoms with van der Waals surface area (Å²) in [6, 6.07) is 5.21. The molecule has 19 heavy (non-hydrogen) atoms. The van der Waals surface area contributed by atoms with Crippen molar-refractivity contribution in [3.8, 4) is 0 Å². The molecule has 0 amide bonds. The van der Waals surface area contributed by atoms with Crippen molar-refractivity contribution < 1.29 is 11.4 Å². The number of aryl methyl sites for hydroxylation is 2. The summed E-state index contributed by atoms with van der Waals surface area (Å²) >= 11 is 0. The van der Waals surface area contributed by atoms with E-state index in [9.17, 15) is 0 Å². The van der Waals surface area contributed by atoms with E-state index in [1.807, 2.05) is 37.7 Å². The molecule has 1 nitrogen and oxygen atoms in total. The van der Waals surface area contributed by atoms with Crippen LogP contribution < -0.4 is 0 Å². The first-order chi connectivity index (χ1) is 11.0. The Hall–Kier alpha value is -1.37. The summed E-state index contributed by atoms with van der Waals surface area (Å²) in [5, 5.41) is 0. The van der Waals surface area contributed by atoms with Crippen LogP contribution in [0.25, 0.3) is 0 Å². The second-order valence-corrected chi connectivity index (χ2v) is 5.77. The smallest absolute Gasteiger partial charge is 0.210 e. The second kappa shape index (κ2) is 4.63. The molecule has 2 aliphatic carbocycles. The second-order valence-electron chi connectivity index (χ2n) is 5.77. The number of fused-ring (bicyclic) bond motifs is 2. The number of allylic oxidation sites excluding steroid dienone is 2. The van der Waals surface area contributed by atoms with Gasteiger partial charge in [-0.1, -0.05) is 23.8 Å². The van der Waals surface area contributed by atoms with Crippen molar-refractivity contribution in [3.63, 3.8) is 0 Å². The van der Waals surface area contributed by atoms with E-state index >= 15 is 0 Å². The molecule has 0 aromatic heterocycles. The zero-order chi connectivity index (χ0) is 17.9. The Kier molecular flexibility index (Phi) is 1.96. The lowest BCUT2D eigenvalue weighted by atomic mass is 9.88. The van der Waals surface area contributed by atoms with Gasteiger partial charge in [-0.3, -0.25) is 0 Å². The van der Waals surface area contributed by atoms with Crippen LogP contribution in [0.4, 0.5) is 0 Å². The number of hydrogen-bond donors (Lipinski definition) is 0. The van der Waals surface area contributed by atoms with Gasteiger partial charge >= 0.3 is 0 Å². The molecule has 1 heteroatoms. The van der Waals surface area contributed by atoms with Crippen LogP contribution in [0.1, 0.15) is 42.8 Å². The van der Waals surface area contributed by atoms with Crippen LogP contribution in [-0.2, 0) is 0 Å². The predicted molar refractivity (Wildman–Crippen MR) is 81.0 cm³/mol. The van der Waals surface area contributed by atoms with Crippen LogP contribution in [0, 0.1) is 25.6 Å². The van der Waals surface area contributed by atoms with Gasteiger partial charge < -0.3 is 0 Å². The minimum Gasteiger partial charge on any atom is -0.235 e. The minimum absolute atomic E-state index is 0.335. The molecule has 0 radical (unpaired) electrons. The Morgan fingerprint density at radius 2 is 2.21 bits per heavy atom. The van der Waals surface area contributed by atoms with Crippen molar-refractivity contribution in [3.05, 3.63) is 46.5 Å². The minimum atomic E-state index is -2.12. The van der Waals surface area contributed by atoms with Gasteiger partial charge in [0.15, 0.2) is 0 Å². The third-order valence-electron chi connectivity index (χ3n) is 4.10. The summed E-state index contributed by atoms with van der Waals surface area (Å²) in [6.07, 6.45) is 3.97. The number of rotatable bonds is 2. The normalized spacial score (nSPS) is 36.8. The third-order valence-corrected chi connectivity index (χ3v) is 4.10. The molecule has 1 aromatic carbocycles. The molecule has 0 saturated heterocycles. The van der Waals surface area contributed by atoms with E-state index < -0.39 is 18.6 Å². The fourth-order valence-electron chi connectivity index (χ4n) is 3.21. The van der Waals surface area contributed by atoms with Gasteiger partial charge in [-0.25, -0.2) is 4.58 Å². The molecule has 2 bridgehead atoms. The molecular formula is C18H24N+. The van der Waals surface area contributed by atoms with Crippen LogP contribution in [0.5, 0.6) is 0 Å². The lowest BCUT2D eigenvalue weighted by Crippen LogP contribution is -2.22. The highest BCUT2D eigenvalue weighted by Gasteiger charge is 2.38. The van der Waals surface area contributed by atoms with Crippen molar-refractivity contribution in [1.29, 1.82) is 0 Å². The molecule has 1 aromatic rings. The fraction of sp³-hybridized carbons (Fsp3) is 0.500. The van der Waals surface area contributed by atoms with E-state index in [-0.39, 0.29) is 0 Å². The molecule has 100 valence electrons. The predicted octanol–water partition coefficient (Wildman–Crippen LogP) is 3.72. The maximum Gasteiger partial charge on any atom is 0.210 e. The maximum absolute atomic E-state index is 8.81. The van der Waals surface area contributed by atoms with Crippen molar-refractivity contribution in [1.82, 2.24) is 0 Å². The monoisotopic (exact) mass is 259 g/mol. The lowest BCUT2D eigenvalue weighted by Gasteiger charge is -2.16. The van der Waals surface area contributed by atoms with Crippen molar-refractivity contribution in [2.75, 3.05) is 14.1 Å². The zero-order valence-corrected chi connectivity index (χ0v) is 11.9. The topological polar surface area (TPSA) is 3.01 Å². The summed E-state index contributed by atoms with van der Waals surface area (Å²) in [5.74, 6) is -1.32. The van der Waals surface area contributed by atoms with Crippen molar-refractivity contribution in [2.24, 2.45) is 11.8 Å². The van der Waals surface area contributed by atoms with Gasteiger partial charge in [0.05, 0.1) is 0 Å². The highest BCUT2D eigenvalue weighted by atomic mass is 14.9. The molecule has 3 rings (SSSR count). The van der Waals surface area contributed by atoms with Crippen LogP contribution in [0.15, 0.2) is 29.8 Å². The lowest BCUT2D eigenvalue weighted by molar-refractivity contribution is -0.463. The number of hydrogen-bond acceptors (Lipinski definition) is 0. The standard InChI is InChI=1S/C18H24N/c1-12-5-8-16(13(2)9-12)18(19(3)4)17-11-14-6-7-15(17)10-14/h5,8-9,11,14-15H,6-7,10H2,1-4H3/q+1/i1D3,14D,15D. The Labute approximate surface area is 123 Å². The van der Waals surface area contributed by atoms with Gasteiger partial charge in [-0.15, -0.1) is 0 Å². The molecular weight excluding hydrogens is 230 g/mol. The van der Waals surface area contributed by atoms with Gasteiger partial charge in [0.1, 0.15) is 14.1 Å². The molecule has 1 fully saturated rings. The Morgan fingerprint density at radius 1 is 1.37 bits per heavy atom. The largest absolute Gasteiger partial charge is 0.235 e. The summed E-state index contributed by atoms with van der Waals surface area (Å²) in [5.41, 5.74) is 4.02. The van der Waals surface area contributed by atoms with Crippen LogP contribution in [0.3, 0.4) is 0 Å². The summed E-state index contributed by atoms with van der Waals surface area (Å²) in [4.78, 5) is 0. The average molecular weight is 259 g/mol.